The molecular formula is C5H7F3O. The van der Waals surface area contributed by atoms with Crippen LogP contribution in [0.2, 0.25) is 0 Å². The van der Waals surface area contributed by atoms with Gasteiger partial charge in [-0.05, 0) is 0 Å². The molecule has 0 aromatic heterocycles. The standard InChI is InChI=1S/C5H7F3O/c1-2-4(9)5(7,8)3-6/h2-3H2,1H3. The van der Waals surface area contributed by atoms with Gasteiger partial charge in [-0.2, -0.15) is 8.78 Å². The molecule has 0 heterocycles. The molecular weight excluding hydrogens is 133 g/mol. The molecule has 0 aliphatic rings. The molecule has 0 fully saturated rings. The molecule has 1 nitrogen and oxygen atoms in total. The Bertz CT molecular complexity index is 111. The molecule has 0 saturated carbocycles. The van der Waals surface area contributed by atoms with Gasteiger partial charge in [-0.15, -0.1) is 0 Å². The average Bonchev–Trinajstić information content (AvgIpc) is 1.86. The number of alkyl halides is 3. The maximum atomic E-state index is 11.8. The molecule has 0 unspecified atom stereocenters. The highest BCUT2D eigenvalue weighted by molar-refractivity contribution is 5.85. The van der Waals surface area contributed by atoms with E-state index in [1.54, 1.807) is 0 Å². The Morgan fingerprint density at radius 1 is 1.56 bits per heavy atom. The van der Waals surface area contributed by atoms with Gasteiger partial charge < -0.3 is 0 Å². The van der Waals surface area contributed by atoms with Crippen LogP contribution in [0.1, 0.15) is 13.3 Å². The Morgan fingerprint density at radius 3 is 2.11 bits per heavy atom. The van der Waals surface area contributed by atoms with Gasteiger partial charge in [0.25, 0.3) is 0 Å². The molecule has 0 aliphatic carbocycles. The van der Waals surface area contributed by atoms with Crippen molar-refractivity contribution >= 4 is 5.78 Å². The van der Waals surface area contributed by atoms with Crippen LogP contribution in [0.25, 0.3) is 0 Å². The summed E-state index contributed by atoms with van der Waals surface area (Å²) in [4.78, 5) is 10.1. The molecule has 0 atom stereocenters. The fourth-order valence-electron chi connectivity index (χ4n) is 0.333. The van der Waals surface area contributed by atoms with E-state index in [-0.39, 0.29) is 6.42 Å². The summed E-state index contributed by atoms with van der Waals surface area (Å²) >= 11 is 0. The number of hydrogen-bond donors (Lipinski definition) is 0. The number of rotatable bonds is 3. The second-order valence-corrected chi connectivity index (χ2v) is 1.61. The number of hydrogen-bond acceptors (Lipinski definition) is 1. The Hall–Kier alpha value is -0.540. The lowest BCUT2D eigenvalue weighted by molar-refractivity contribution is -0.144. The lowest BCUT2D eigenvalue weighted by Gasteiger charge is -2.07. The Balaban J connectivity index is 3.97. The SMILES string of the molecule is CCC(=O)C(F)(F)CF. The fraction of sp³-hybridized carbons (Fsp3) is 0.800. The average molecular weight is 140 g/mol. The maximum absolute atomic E-state index is 11.8. The maximum Gasteiger partial charge on any atom is 0.332 e. The third kappa shape index (κ3) is 2.03. The van der Waals surface area contributed by atoms with Crippen LogP contribution >= 0.6 is 0 Å². The Labute approximate surface area is 50.9 Å². The Morgan fingerprint density at radius 2 is 2.00 bits per heavy atom. The Kier molecular flexibility index (Phi) is 2.67. The molecule has 54 valence electrons. The van der Waals surface area contributed by atoms with E-state index in [1.165, 1.54) is 6.92 Å². The molecule has 0 aromatic carbocycles. The molecule has 0 N–H and O–H groups in total. The second kappa shape index (κ2) is 2.85. The van der Waals surface area contributed by atoms with Crippen molar-refractivity contribution < 1.29 is 18.0 Å². The molecule has 0 amide bonds. The zero-order valence-corrected chi connectivity index (χ0v) is 4.96. The van der Waals surface area contributed by atoms with Crippen LogP contribution in [-0.2, 0) is 4.79 Å². The minimum Gasteiger partial charge on any atom is -0.293 e. The van der Waals surface area contributed by atoms with E-state index in [1.807, 2.05) is 0 Å². The lowest BCUT2D eigenvalue weighted by Crippen LogP contribution is -2.29. The van der Waals surface area contributed by atoms with Gasteiger partial charge in [-0.1, -0.05) is 6.92 Å². The number of Topliss-reactive ketones (excluding diaryl/α,β-unsaturated/α-hetero) is 1. The molecule has 0 bridgehead atoms. The van der Waals surface area contributed by atoms with Gasteiger partial charge in [0.05, 0.1) is 0 Å². The quantitative estimate of drug-likeness (QED) is 0.581. The molecule has 0 aliphatic heterocycles. The minimum atomic E-state index is -3.76. The molecule has 4 heteroatoms. The number of halogens is 3. The first-order valence-electron chi connectivity index (χ1n) is 2.51. The summed E-state index contributed by atoms with van der Waals surface area (Å²) in [6.07, 6.45) is -0.322. The zero-order valence-electron chi connectivity index (χ0n) is 4.96. The number of carbonyl (C=O) groups is 1. The third-order valence-electron chi connectivity index (χ3n) is 0.897. The second-order valence-electron chi connectivity index (χ2n) is 1.61. The summed E-state index contributed by atoms with van der Waals surface area (Å²) < 4.78 is 34.9. The van der Waals surface area contributed by atoms with E-state index in [0.29, 0.717) is 0 Å². The topological polar surface area (TPSA) is 17.1 Å². The van der Waals surface area contributed by atoms with E-state index in [0.717, 1.165) is 0 Å². The van der Waals surface area contributed by atoms with Crippen molar-refractivity contribution in [2.75, 3.05) is 6.67 Å². The van der Waals surface area contributed by atoms with E-state index < -0.39 is 18.4 Å². The van der Waals surface area contributed by atoms with Gasteiger partial charge in [-0.25, -0.2) is 4.39 Å². The van der Waals surface area contributed by atoms with Crippen LogP contribution in [0, 0.1) is 0 Å². The summed E-state index contributed by atoms with van der Waals surface area (Å²) in [6.45, 7) is -0.619. The van der Waals surface area contributed by atoms with Crippen molar-refractivity contribution in [3.05, 3.63) is 0 Å². The monoisotopic (exact) mass is 140 g/mol. The lowest BCUT2D eigenvalue weighted by atomic mass is 10.2. The van der Waals surface area contributed by atoms with Crippen molar-refractivity contribution in [3.63, 3.8) is 0 Å². The first-order valence-corrected chi connectivity index (χ1v) is 2.51. The van der Waals surface area contributed by atoms with Crippen LogP contribution in [0.5, 0.6) is 0 Å². The molecule has 0 radical (unpaired) electrons. The molecule has 9 heavy (non-hydrogen) atoms. The van der Waals surface area contributed by atoms with Crippen molar-refractivity contribution in [1.82, 2.24) is 0 Å². The smallest absolute Gasteiger partial charge is 0.293 e. The van der Waals surface area contributed by atoms with Crippen molar-refractivity contribution in [2.24, 2.45) is 0 Å². The summed E-state index contributed by atoms with van der Waals surface area (Å²) in [5, 5.41) is 0. The predicted octanol–water partition coefficient (Wildman–Crippen LogP) is 1.57. The van der Waals surface area contributed by atoms with Gasteiger partial charge in [0, 0.05) is 6.42 Å². The number of ketones is 1. The highest BCUT2D eigenvalue weighted by Gasteiger charge is 2.36. The normalized spacial score (nSPS) is 11.6. The van der Waals surface area contributed by atoms with Crippen LogP contribution < -0.4 is 0 Å². The third-order valence-corrected chi connectivity index (χ3v) is 0.897. The molecule has 0 aromatic rings. The largest absolute Gasteiger partial charge is 0.332 e. The first kappa shape index (κ1) is 8.46. The first-order chi connectivity index (χ1) is 4.04. The summed E-state index contributed by atoms with van der Waals surface area (Å²) in [5.74, 6) is -5.10. The van der Waals surface area contributed by atoms with Gasteiger partial charge >= 0.3 is 5.92 Å². The van der Waals surface area contributed by atoms with Gasteiger partial charge in [0.2, 0.25) is 5.78 Å². The van der Waals surface area contributed by atoms with Crippen LogP contribution in [-0.4, -0.2) is 18.4 Å². The molecule has 0 saturated heterocycles. The van der Waals surface area contributed by atoms with Crippen LogP contribution in [0.15, 0.2) is 0 Å². The van der Waals surface area contributed by atoms with Crippen molar-refractivity contribution in [1.29, 1.82) is 0 Å². The van der Waals surface area contributed by atoms with Gasteiger partial charge in [0.15, 0.2) is 6.67 Å². The van der Waals surface area contributed by atoms with E-state index in [9.17, 15) is 18.0 Å². The van der Waals surface area contributed by atoms with Crippen LogP contribution in [0.3, 0.4) is 0 Å². The number of carbonyl (C=O) groups excluding carboxylic acids is 1. The highest BCUT2D eigenvalue weighted by atomic mass is 19.3. The summed E-state index contributed by atoms with van der Waals surface area (Å²) in [6, 6.07) is 0. The van der Waals surface area contributed by atoms with E-state index in [4.69, 9.17) is 0 Å². The van der Waals surface area contributed by atoms with E-state index >= 15 is 0 Å². The molecule has 0 spiro atoms. The van der Waals surface area contributed by atoms with Gasteiger partial charge in [-0.3, -0.25) is 4.79 Å². The zero-order chi connectivity index (χ0) is 7.49. The fourth-order valence-corrected chi connectivity index (χ4v) is 0.333. The molecule has 0 rings (SSSR count). The minimum absolute atomic E-state index is 0.322. The van der Waals surface area contributed by atoms with Crippen LogP contribution in [0.4, 0.5) is 13.2 Å². The predicted molar refractivity (Wildman–Crippen MR) is 26.2 cm³/mol. The van der Waals surface area contributed by atoms with Crippen molar-refractivity contribution in [3.8, 4) is 0 Å². The highest BCUT2D eigenvalue weighted by Crippen LogP contribution is 2.16. The summed E-state index contributed by atoms with van der Waals surface area (Å²) in [5.41, 5.74) is 0. The summed E-state index contributed by atoms with van der Waals surface area (Å²) in [7, 11) is 0. The van der Waals surface area contributed by atoms with Gasteiger partial charge in [0.1, 0.15) is 0 Å². The van der Waals surface area contributed by atoms with Crippen molar-refractivity contribution in [2.45, 2.75) is 19.3 Å². The van der Waals surface area contributed by atoms with E-state index in [2.05, 4.69) is 0 Å².